The van der Waals surface area contributed by atoms with Gasteiger partial charge in [0, 0.05) is 12.0 Å². The first-order chi connectivity index (χ1) is 7.39. The number of nitrogens with two attached hydrogens (primary N) is 1. The first-order valence-corrected chi connectivity index (χ1v) is 4.96. The van der Waals surface area contributed by atoms with Gasteiger partial charge in [0.25, 0.3) is 0 Å². The van der Waals surface area contributed by atoms with Crippen LogP contribution in [0.4, 0.5) is 17.6 Å². The summed E-state index contributed by atoms with van der Waals surface area (Å²) in [5, 5.41) is 0. The lowest BCUT2D eigenvalue weighted by molar-refractivity contribution is -0.140. The number of hydrogen-bond donors (Lipinski definition) is 1. The molecule has 0 atom stereocenters. The predicted octanol–water partition coefficient (Wildman–Crippen LogP) is 2.83. The quantitative estimate of drug-likeness (QED) is 0.781. The number of benzene rings is 1. The second-order valence-electron chi connectivity index (χ2n) is 4.18. The fourth-order valence-electron chi connectivity index (χ4n) is 1.83. The van der Waals surface area contributed by atoms with E-state index in [1.807, 2.05) is 0 Å². The standard InChI is InChI=1S/C11H11F4N/c12-9-2-1-7(10(6-16)3-4-10)5-8(9)11(13,14)15/h1-2,5H,3-4,6,16H2. The van der Waals surface area contributed by atoms with Gasteiger partial charge in [-0.2, -0.15) is 13.2 Å². The van der Waals surface area contributed by atoms with Gasteiger partial charge in [0.05, 0.1) is 5.56 Å². The zero-order chi connectivity index (χ0) is 12.0. The van der Waals surface area contributed by atoms with Gasteiger partial charge in [-0.15, -0.1) is 0 Å². The van der Waals surface area contributed by atoms with E-state index < -0.39 is 17.6 Å². The lowest BCUT2D eigenvalue weighted by Crippen LogP contribution is -2.21. The van der Waals surface area contributed by atoms with Crippen molar-refractivity contribution in [3.05, 3.63) is 35.1 Å². The molecule has 0 heterocycles. The smallest absolute Gasteiger partial charge is 0.330 e. The van der Waals surface area contributed by atoms with E-state index in [1.54, 1.807) is 0 Å². The van der Waals surface area contributed by atoms with Gasteiger partial charge in [-0.05, 0) is 30.5 Å². The van der Waals surface area contributed by atoms with E-state index in [4.69, 9.17) is 5.73 Å². The number of rotatable bonds is 2. The molecule has 5 heteroatoms. The van der Waals surface area contributed by atoms with Crippen LogP contribution < -0.4 is 5.73 Å². The highest BCUT2D eigenvalue weighted by atomic mass is 19.4. The summed E-state index contributed by atoms with van der Waals surface area (Å²) >= 11 is 0. The molecule has 0 bridgehead atoms. The second kappa shape index (κ2) is 3.45. The van der Waals surface area contributed by atoms with Crippen molar-refractivity contribution < 1.29 is 17.6 Å². The van der Waals surface area contributed by atoms with Gasteiger partial charge < -0.3 is 5.73 Å². The number of hydrogen-bond acceptors (Lipinski definition) is 1. The van der Waals surface area contributed by atoms with Crippen molar-refractivity contribution in [3.8, 4) is 0 Å². The molecule has 1 fully saturated rings. The van der Waals surface area contributed by atoms with Gasteiger partial charge in [0.1, 0.15) is 5.82 Å². The Hall–Kier alpha value is -1.10. The summed E-state index contributed by atoms with van der Waals surface area (Å²) in [6.07, 6.45) is -3.11. The average molecular weight is 233 g/mol. The Morgan fingerprint density at radius 2 is 1.88 bits per heavy atom. The minimum Gasteiger partial charge on any atom is -0.330 e. The van der Waals surface area contributed by atoms with E-state index in [0.29, 0.717) is 12.1 Å². The second-order valence-corrected chi connectivity index (χ2v) is 4.18. The molecule has 0 radical (unpaired) electrons. The van der Waals surface area contributed by atoms with Crippen molar-refractivity contribution >= 4 is 0 Å². The summed E-state index contributed by atoms with van der Waals surface area (Å²) in [5.74, 6) is -1.23. The summed E-state index contributed by atoms with van der Waals surface area (Å²) in [5.41, 5.74) is 4.46. The van der Waals surface area contributed by atoms with Crippen molar-refractivity contribution in [1.82, 2.24) is 0 Å². The van der Waals surface area contributed by atoms with Crippen molar-refractivity contribution in [2.24, 2.45) is 5.73 Å². The summed E-state index contributed by atoms with van der Waals surface area (Å²) in [7, 11) is 0. The summed E-state index contributed by atoms with van der Waals surface area (Å²) < 4.78 is 50.4. The van der Waals surface area contributed by atoms with Crippen molar-refractivity contribution in [2.75, 3.05) is 6.54 Å². The van der Waals surface area contributed by atoms with E-state index in [-0.39, 0.29) is 5.41 Å². The summed E-state index contributed by atoms with van der Waals surface area (Å²) in [6, 6.07) is 3.15. The third-order valence-corrected chi connectivity index (χ3v) is 3.13. The van der Waals surface area contributed by atoms with Gasteiger partial charge >= 0.3 is 6.18 Å². The molecular weight excluding hydrogens is 222 g/mol. The molecule has 1 nitrogen and oxygen atoms in total. The molecule has 1 aliphatic carbocycles. The van der Waals surface area contributed by atoms with E-state index in [9.17, 15) is 17.6 Å². The van der Waals surface area contributed by atoms with E-state index in [2.05, 4.69) is 0 Å². The van der Waals surface area contributed by atoms with Crippen molar-refractivity contribution in [3.63, 3.8) is 0 Å². The molecule has 0 amide bonds. The molecular formula is C11H11F4N. The normalized spacial score (nSPS) is 18.6. The maximum absolute atomic E-state index is 13.0. The van der Waals surface area contributed by atoms with Gasteiger partial charge in [-0.25, -0.2) is 4.39 Å². The Morgan fingerprint density at radius 3 is 2.31 bits per heavy atom. The SMILES string of the molecule is NCC1(c2ccc(F)c(C(F)(F)F)c2)CC1. The number of halogens is 4. The Kier molecular flexibility index (Phi) is 2.45. The minimum absolute atomic E-state index is 0.302. The first-order valence-electron chi connectivity index (χ1n) is 4.96. The number of alkyl halides is 3. The largest absolute Gasteiger partial charge is 0.419 e. The topological polar surface area (TPSA) is 26.0 Å². The van der Waals surface area contributed by atoms with Crippen LogP contribution in [0.15, 0.2) is 18.2 Å². The van der Waals surface area contributed by atoms with Crippen LogP contribution >= 0.6 is 0 Å². The van der Waals surface area contributed by atoms with Crippen molar-refractivity contribution in [2.45, 2.75) is 24.4 Å². The maximum Gasteiger partial charge on any atom is 0.419 e. The summed E-state index contributed by atoms with van der Waals surface area (Å²) in [6.45, 7) is 0.302. The fraction of sp³-hybridized carbons (Fsp3) is 0.455. The Labute approximate surface area is 90.3 Å². The molecule has 1 aromatic rings. The fourth-order valence-corrected chi connectivity index (χ4v) is 1.83. The van der Waals surface area contributed by atoms with E-state index in [1.165, 1.54) is 6.07 Å². The third kappa shape index (κ3) is 1.80. The van der Waals surface area contributed by atoms with Gasteiger partial charge in [0.15, 0.2) is 0 Å². The van der Waals surface area contributed by atoms with Gasteiger partial charge in [-0.3, -0.25) is 0 Å². The van der Waals surface area contributed by atoms with E-state index in [0.717, 1.165) is 25.0 Å². The van der Waals surface area contributed by atoms with Crippen LogP contribution in [0.2, 0.25) is 0 Å². The van der Waals surface area contributed by atoms with Crippen LogP contribution in [-0.4, -0.2) is 6.54 Å². The van der Waals surface area contributed by atoms with Crippen LogP contribution in [0.25, 0.3) is 0 Å². The van der Waals surface area contributed by atoms with E-state index >= 15 is 0 Å². The average Bonchev–Trinajstić information content (AvgIpc) is 2.97. The summed E-state index contributed by atoms with van der Waals surface area (Å²) in [4.78, 5) is 0. The van der Waals surface area contributed by atoms with Crippen molar-refractivity contribution in [1.29, 1.82) is 0 Å². The molecule has 16 heavy (non-hydrogen) atoms. The molecule has 0 unspecified atom stereocenters. The molecule has 1 aliphatic rings. The third-order valence-electron chi connectivity index (χ3n) is 3.13. The zero-order valence-electron chi connectivity index (χ0n) is 8.44. The van der Waals surface area contributed by atoms with Crippen LogP contribution in [-0.2, 0) is 11.6 Å². The molecule has 2 rings (SSSR count). The van der Waals surface area contributed by atoms with Crippen LogP contribution in [0, 0.1) is 5.82 Å². The van der Waals surface area contributed by atoms with Gasteiger partial charge in [-0.1, -0.05) is 6.07 Å². The lowest BCUT2D eigenvalue weighted by Gasteiger charge is -2.15. The lowest BCUT2D eigenvalue weighted by atomic mass is 9.94. The molecule has 1 aromatic carbocycles. The highest BCUT2D eigenvalue weighted by molar-refractivity contribution is 5.36. The highest BCUT2D eigenvalue weighted by Crippen LogP contribution is 2.48. The molecule has 0 saturated heterocycles. The van der Waals surface area contributed by atoms with Crippen LogP contribution in [0.1, 0.15) is 24.0 Å². The monoisotopic (exact) mass is 233 g/mol. The first kappa shape index (κ1) is 11.4. The molecule has 2 N–H and O–H groups in total. The molecule has 0 aliphatic heterocycles. The van der Waals surface area contributed by atoms with Gasteiger partial charge in [0.2, 0.25) is 0 Å². The van der Waals surface area contributed by atoms with Crippen LogP contribution in [0.3, 0.4) is 0 Å². The maximum atomic E-state index is 13.0. The Morgan fingerprint density at radius 1 is 1.25 bits per heavy atom. The predicted molar refractivity (Wildman–Crippen MR) is 51.4 cm³/mol. The Bertz CT molecular complexity index is 407. The molecule has 0 aromatic heterocycles. The highest BCUT2D eigenvalue weighted by Gasteiger charge is 2.44. The zero-order valence-corrected chi connectivity index (χ0v) is 8.44. The minimum atomic E-state index is -4.65. The molecule has 0 spiro atoms. The Balaban J connectivity index is 2.44. The van der Waals surface area contributed by atoms with Crippen LogP contribution in [0.5, 0.6) is 0 Å². The molecule has 1 saturated carbocycles. The molecule has 88 valence electrons.